The van der Waals surface area contributed by atoms with Crippen molar-refractivity contribution >= 4 is 24.1 Å². The Morgan fingerprint density at radius 2 is 0.764 bits per heavy atom. The third kappa shape index (κ3) is 26.8. The van der Waals surface area contributed by atoms with Gasteiger partial charge in [-0.05, 0) is 93.5 Å². The van der Waals surface area contributed by atoms with Gasteiger partial charge in [-0.15, -0.1) is 0 Å². The lowest BCUT2D eigenvalue weighted by atomic mass is 10.1. The number of esters is 2. The summed E-state index contributed by atoms with van der Waals surface area (Å²) in [6.45, 7) is 9.56. The number of rotatable bonds is 35. The van der Waals surface area contributed by atoms with Gasteiger partial charge in [0, 0.05) is 25.4 Å². The zero-order chi connectivity index (χ0) is 39.4. The minimum absolute atomic E-state index is 0.0633. The van der Waals surface area contributed by atoms with E-state index in [4.69, 9.17) is 28.4 Å². The van der Waals surface area contributed by atoms with Gasteiger partial charge in [0.05, 0.1) is 26.4 Å². The van der Waals surface area contributed by atoms with E-state index in [1.807, 2.05) is 48.5 Å². The van der Waals surface area contributed by atoms with Gasteiger partial charge in [-0.3, -0.25) is 0 Å². The standard InChI is InChI=1S/C47H72O8/c1-4-47(54-39-23-19-15-11-7-9-13-17-21-37-52-43-31-25-41(26-32-43)29-35-45(48)50-5-2)55-40-24-20-16-12-8-10-14-18-22-38-53-44-33-27-42(28-34-44)30-36-46(49)51-6-3/h25-36,47H,4-24,37-40H2,1-3H3/b35-29+,36-30+. The van der Waals surface area contributed by atoms with E-state index in [0.29, 0.717) is 13.2 Å². The molecule has 0 radical (unpaired) electrons. The van der Waals surface area contributed by atoms with E-state index in [0.717, 1.165) is 81.2 Å². The molecule has 2 aromatic rings. The molecule has 0 spiro atoms. The lowest BCUT2D eigenvalue weighted by Crippen LogP contribution is -2.17. The summed E-state index contributed by atoms with van der Waals surface area (Å²) in [7, 11) is 0. The summed E-state index contributed by atoms with van der Waals surface area (Å²) >= 11 is 0. The summed E-state index contributed by atoms with van der Waals surface area (Å²) < 4.78 is 33.6. The van der Waals surface area contributed by atoms with Crippen LogP contribution in [0.2, 0.25) is 0 Å². The Bertz CT molecular complexity index is 1170. The van der Waals surface area contributed by atoms with Crippen molar-refractivity contribution in [2.24, 2.45) is 0 Å². The fourth-order valence-corrected chi connectivity index (χ4v) is 6.04. The van der Waals surface area contributed by atoms with E-state index in [2.05, 4.69) is 6.92 Å². The second-order valence-corrected chi connectivity index (χ2v) is 13.9. The molecule has 308 valence electrons. The Hall–Kier alpha value is -3.62. The number of ether oxygens (including phenoxy) is 6. The normalized spacial score (nSPS) is 11.5. The lowest BCUT2D eigenvalue weighted by molar-refractivity contribution is -0.144. The maximum atomic E-state index is 11.4. The van der Waals surface area contributed by atoms with Crippen molar-refractivity contribution < 1.29 is 38.0 Å². The molecule has 2 aromatic carbocycles. The van der Waals surface area contributed by atoms with Gasteiger partial charge in [-0.1, -0.05) is 121 Å². The molecule has 0 saturated carbocycles. The molecule has 55 heavy (non-hydrogen) atoms. The minimum Gasteiger partial charge on any atom is -0.494 e. The van der Waals surface area contributed by atoms with Gasteiger partial charge in [0.25, 0.3) is 0 Å². The van der Waals surface area contributed by atoms with Crippen molar-refractivity contribution in [2.45, 2.75) is 149 Å². The molecule has 0 amide bonds. The Morgan fingerprint density at radius 1 is 0.455 bits per heavy atom. The van der Waals surface area contributed by atoms with E-state index in [1.54, 1.807) is 26.0 Å². The van der Waals surface area contributed by atoms with E-state index in [1.165, 1.54) is 102 Å². The highest BCUT2D eigenvalue weighted by atomic mass is 16.7. The van der Waals surface area contributed by atoms with E-state index in [-0.39, 0.29) is 18.2 Å². The Morgan fingerprint density at radius 3 is 1.07 bits per heavy atom. The largest absolute Gasteiger partial charge is 0.494 e. The second kappa shape index (κ2) is 33.7. The molecule has 2 rings (SSSR count). The molecule has 0 aliphatic carbocycles. The number of carbonyl (C=O) groups excluding carboxylic acids is 2. The highest BCUT2D eigenvalue weighted by molar-refractivity contribution is 5.87. The van der Waals surface area contributed by atoms with Crippen molar-refractivity contribution in [3.63, 3.8) is 0 Å². The second-order valence-electron chi connectivity index (χ2n) is 13.9. The number of hydrogen-bond acceptors (Lipinski definition) is 8. The molecule has 8 nitrogen and oxygen atoms in total. The van der Waals surface area contributed by atoms with Gasteiger partial charge in [-0.25, -0.2) is 9.59 Å². The third-order valence-electron chi connectivity index (χ3n) is 9.21. The molecular weight excluding hydrogens is 693 g/mol. The number of carbonyl (C=O) groups is 2. The molecule has 0 aliphatic heterocycles. The maximum absolute atomic E-state index is 11.4. The van der Waals surface area contributed by atoms with Crippen LogP contribution in [0.1, 0.15) is 154 Å². The smallest absolute Gasteiger partial charge is 0.330 e. The van der Waals surface area contributed by atoms with Gasteiger partial charge in [0.1, 0.15) is 11.5 Å². The molecule has 0 unspecified atom stereocenters. The average Bonchev–Trinajstić information content (AvgIpc) is 3.20. The maximum Gasteiger partial charge on any atom is 0.330 e. The minimum atomic E-state index is -0.323. The predicted octanol–water partition coefficient (Wildman–Crippen LogP) is 12.1. The van der Waals surface area contributed by atoms with Crippen LogP contribution in [0.4, 0.5) is 0 Å². The topological polar surface area (TPSA) is 89.5 Å². The van der Waals surface area contributed by atoms with Crippen LogP contribution >= 0.6 is 0 Å². The molecule has 0 heterocycles. The summed E-state index contributed by atoms with van der Waals surface area (Å²) in [4.78, 5) is 22.9. The molecular formula is C47H72O8. The van der Waals surface area contributed by atoms with Crippen LogP contribution in [0.5, 0.6) is 11.5 Å². The highest BCUT2D eigenvalue weighted by Gasteiger charge is 2.06. The zero-order valence-corrected chi connectivity index (χ0v) is 34.4. The fourth-order valence-electron chi connectivity index (χ4n) is 6.04. The lowest BCUT2D eigenvalue weighted by Gasteiger charge is -2.17. The van der Waals surface area contributed by atoms with Crippen LogP contribution < -0.4 is 9.47 Å². The molecule has 0 N–H and O–H groups in total. The third-order valence-corrected chi connectivity index (χ3v) is 9.21. The first-order chi connectivity index (χ1) is 27.0. The molecule has 0 atom stereocenters. The van der Waals surface area contributed by atoms with Crippen molar-refractivity contribution in [1.82, 2.24) is 0 Å². The van der Waals surface area contributed by atoms with Crippen LogP contribution in [-0.4, -0.2) is 57.9 Å². The molecule has 0 saturated heterocycles. The summed E-state index contributed by atoms with van der Waals surface area (Å²) in [5.74, 6) is 1.08. The van der Waals surface area contributed by atoms with Crippen LogP contribution in [0.3, 0.4) is 0 Å². The average molecular weight is 765 g/mol. The van der Waals surface area contributed by atoms with Gasteiger partial charge < -0.3 is 28.4 Å². The molecule has 0 aliphatic rings. The summed E-state index contributed by atoms with van der Waals surface area (Å²) in [6.07, 6.45) is 29.3. The highest BCUT2D eigenvalue weighted by Crippen LogP contribution is 2.17. The first kappa shape index (κ1) is 47.5. The monoisotopic (exact) mass is 765 g/mol. The summed E-state index contributed by atoms with van der Waals surface area (Å²) in [6, 6.07) is 15.6. The van der Waals surface area contributed by atoms with E-state index in [9.17, 15) is 9.59 Å². The van der Waals surface area contributed by atoms with Crippen molar-refractivity contribution in [3.05, 3.63) is 71.8 Å². The number of benzene rings is 2. The van der Waals surface area contributed by atoms with Crippen LogP contribution in [0.15, 0.2) is 60.7 Å². The number of unbranched alkanes of at least 4 members (excludes halogenated alkanes) is 16. The SMILES string of the molecule is CCOC(=O)/C=C/c1ccc(OCCCCCCCCCCCOC(CC)OCCCCCCCCCCCOc2ccc(/C=C/C(=O)OCC)cc2)cc1. The quantitative estimate of drug-likeness (QED) is 0.0297. The molecule has 8 heteroatoms. The first-order valence-corrected chi connectivity index (χ1v) is 21.4. The predicted molar refractivity (Wildman–Crippen MR) is 224 cm³/mol. The Labute approximate surface area is 333 Å². The zero-order valence-electron chi connectivity index (χ0n) is 34.4. The van der Waals surface area contributed by atoms with Gasteiger partial charge in [0.2, 0.25) is 0 Å². The Kier molecular flexibility index (Phi) is 29.1. The summed E-state index contributed by atoms with van der Waals surface area (Å²) in [5, 5.41) is 0. The van der Waals surface area contributed by atoms with Gasteiger partial charge in [-0.2, -0.15) is 0 Å². The molecule has 0 aromatic heterocycles. The molecule has 0 fully saturated rings. The van der Waals surface area contributed by atoms with Crippen LogP contribution in [0.25, 0.3) is 12.2 Å². The summed E-state index contributed by atoms with van der Waals surface area (Å²) in [5.41, 5.74) is 1.89. The van der Waals surface area contributed by atoms with Gasteiger partial charge in [0.15, 0.2) is 6.29 Å². The number of hydrogen-bond donors (Lipinski definition) is 0. The van der Waals surface area contributed by atoms with Crippen molar-refractivity contribution in [3.8, 4) is 11.5 Å². The van der Waals surface area contributed by atoms with Crippen LogP contribution in [0, 0.1) is 0 Å². The van der Waals surface area contributed by atoms with Crippen molar-refractivity contribution in [1.29, 1.82) is 0 Å². The first-order valence-electron chi connectivity index (χ1n) is 21.4. The van der Waals surface area contributed by atoms with Crippen molar-refractivity contribution in [2.75, 3.05) is 39.6 Å². The Balaban J connectivity index is 1.30. The van der Waals surface area contributed by atoms with E-state index < -0.39 is 0 Å². The van der Waals surface area contributed by atoms with E-state index >= 15 is 0 Å². The van der Waals surface area contributed by atoms with Gasteiger partial charge >= 0.3 is 11.9 Å². The fraction of sp³-hybridized carbons (Fsp3) is 0.617. The van der Waals surface area contributed by atoms with Crippen LogP contribution in [-0.2, 0) is 28.5 Å². The molecule has 0 bridgehead atoms.